The molecule has 7 heteroatoms. The average Bonchev–Trinajstić information content (AvgIpc) is 2.56. The SMILES string of the molecule is C[C@@H]1CNCCN1C(=O)c1cc(Oc2ccccc2)ccn1.Cl.Cl. The number of nitrogens with one attached hydrogen (secondary N) is 1. The van der Waals surface area contributed by atoms with Crippen LogP contribution in [0, 0.1) is 0 Å². The van der Waals surface area contributed by atoms with E-state index in [2.05, 4.69) is 10.3 Å². The van der Waals surface area contributed by atoms with Gasteiger partial charge in [-0.2, -0.15) is 0 Å². The summed E-state index contributed by atoms with van der Waals surface area (Å²) in [4.78, 5) is 18.6. The number of carbonyl (C=O) groups is 1. The number of piperazine rings is 1. The molecule has 2 aromatic rings. The molecule has 0 unspecified atom stereocenters. The van der Waals surface area contributed by atoms with Gasteiger partial charge in [-0.05, 0) is 25.1 Å². The predicted octanol–water partition coefficient (Wildman–Crippen LogP) is 3.15. The van der Waals surface area contributed by atoms with Gasteiger partial charge >= 0.3 is 0 Å². The third-order valence-corrected chi connectivity index (χ3v) is 3.69. The van der Waals surface area contributed by atoms with E-state index in [9.17, 15) is 4.79 Å². The second-order valence-electron chi connectivity index (χ2n) is 5.34. The molecule has 2 heterocycles. The Balaban J connectivity index is 0.00000144. The molecule has 1 atom stereocenters. The van der Waals surface area contributed by atoms with Crippen LogP contribution in [-0.4, -0.2) is 41.5 Å². The molecule has 1 saturated heterocycles. The second-order valence-corrected chi connectivity index (χ2v) is 5.34. The normalized spacial score (nSPS) is 16.5. The van der Waals surface area contributed by atoms with Gasteiger partial charge in [0.1, 0.15) is 17.2 Å². The number of hydrogen-bond acceptors (Lipinski definition) is 4. The third kappa shape index (κ3) is 4.84. The number of benzene rings is 1. The Bertz CT molecular complexity index is 655. The van der Waals surface area contributed by atoms with Gasteiger partial charge in [0.2, 0.25) is 0 Å². The van der Waals surface area contributed by atoms with Crippen molar-refractivity contribution in [2.75, 3.05) is 19.6 Å². The molecule has 0 bridgehead atoms. The molecule has 1 fully saturated rings. The molecule has 1 N–H and O–H groups in total. The van der Waals surface area contributed by atoms with E-state index >= 15 is 0 Å². The average molecular weight is 370 g/mol. The molecule has 1 aromatic carbocycles. The van der Waals surface area contributed by atoms with Crippen LogP contribution in [0.4, 0.5) is 0 Å². The van der Waals surface area contributed by atoms with Crippen molar-refractivity contribution in [2.24, 2.45) is 0 Å². The van der Waals surface area contributed by atoms with Gasteiger partial charge in [-0.1, -0.05) is 18.2 Å². The first-order valence-electron chi connectivity index (χ1n) is 7.44. The summed E-state index contributed by atoms with van der Waals surface area (Å²) in [6, 6.07) is 13.1. The van der Waals surface area contributed by atoms with Crippen molar-refractivity contribution < 1.29 is 9.53 Å². The van der Waals surface area contributed by atoms with Crippen molar-refractivity contribution in [3.63, 3.8) is 0 Å². The van der Waals surface area contributed by atoms with Crippen molar-refractivity contribution in [1.29, 1.82) is 0 Å². The first-order chi connectivity index (χ1) is 10.7. The number of pyridine rings is 1. The minimum atomic E-state index is -0.0486. The summed E-state index contributed by atoms with van der Waals surface area (Å²) in [7, 11) is 0. The van der Waals surface area contributed by atoms with E-state index in [1.54, 1.807) is 18.3 Å². The monoisotopic (exact) mass is 369 g/mol. The smallest absolute Gasteiger partial charge is 0.272 e. The molecular weight excluding hydrogens is 349 g/mol. The molecule has 1 aliphatic rings. The topological polar surface area (TPSA) is 54.5 Å². The number of ether oxygens (including phenoxy) is 1. The summed E-state index contributed by atoms with van der Waals surface area (Å²) < 4.78 is 5.76. The van der Waals surface area contributed by atoms with Crippen molar-refractivity contribution in [3.05, 3.63) is 54.4 Å². The third-order valence-electron chi connectivity index (χ3n) is 3.69. The van der Waals surface area contributed by atoms with E-state index in [0.29, 0.717) is 18.0 Å². The Labute approximate surface area is 154 Å². The lowest BCUT2D eigenvalue weighted by molar-refractivity contribution is 0.0649. The van der Waals surface area contributed by atoms with Gasteiger partial charge in [0.25, 0.3) is 5.91 Å². The Morgan fingerprint density at radius 1 is 1.21 bits per heavy atom. The van der Waals surface area contributed by atoms with Crippen molar-refractivity contribution in [3.8, 4) is 11.5 Å². The van der Waals surface area contributed by atoms with Crippen molar-refractivity contribution in [2.45, 2.75) is 13.0 Å². The maximum Gasteiger partial charge on any atom is 0.272 e. The number of amides is 1. The quantitative estimate of drug-likeness (QED) is 0.902. The Kier molecular flexibility index (Phi) is 7.98. The number of aromatic nitrogens is 1. The number of rotatable bonds is 3. The zero-order valence-electron chi connectivity index (χ0n) is 13.3. The summed E-state index contributed by atoms with van der Waals surface area (Å²) in [5.74, 6) is 1.31. The minimum absolute atomic E-state index is 0. The fraction of sp³-hybridized carbons (Fsp3) is 0.294. The van der Waals surface area contributed by atoms with Gasteiger partial charge in [-0.3, -0.25) is 9.78 Å². The van der Waals surface area contributed by atoms with E-state index < -0.39 is 0 Å². The molecule has 0 radical (unpaired) electrons. The molecule has 1 amide bonds. The van der Waals surface area contributed by atoms with Crippen LogP contribution in [0.15, 0.2) is 48.7 Å². The first kappa shape index (κ1) is 20.2. The van der Waals surface area contributed by atoms with Crippen LogP contribution in [0.2, 0.25) is 0 Å². The van der Waals surface area contributed by atoms with E-state index in [0.717, 1.165) is 18.8 Å². The molecule has 1 aromatic heterocycles. The van der Waals surface area contributed by atoms with E-state index in [1.165, 1.54) is 0 Å². The fourth-order valence-electron chi connectivity index (χ4n) is 2.51. The Morgan fingerprint density at radius 2 is 1.96 bits per heavy atom. The molecular formula is C17H21Cl2N3O2. The lowest BCUT2D eigenvalue weighted by Gasteiger charge is -2.33. The lowest BCUT2D eigenvalue weighted by Crippen LogP contribution is -2.52. The van der Waals surface area contributed by atoms with Crippen LogP contribution >= 0.6 is 24.8 Å². The number of para-hydroxylation sites is 1. The van der Waals surface area contributed by atoms with Gasteiger partial charge in [0.15, 0.2) is 0 Å². The highest BCUT2D eigenvalue weighted by atomic mass is 35.5. The molecule has 130 valence electrons. The van der Waals surface area contributed by atoms with Crippen LogP contribution in [0.1, 0.15) is 17.4 Å². The fourth-order valence-corrected chi connectivity index (χ4v) is 2.51. The van der Waals surface area contributed by atoms with Gasteiger partial charge in [-0.15, -0.1) is 24.8 Å². The van der Waals surface area contributed by atoms with Gasteiger partial charge in [0, 0.05) is 37.9 Å². The van der Waals surface area contributed by atoms with Crippen molar-refractivity contribution >= 4 is 30.7 Å². The zero-order chi connectivity index (χ0) is 15.4. The summed E-state index contributed by atoms with van der Waals surface area (Å²) in [5.41, 5.74) is 0.419. The van der Waals surface area contributed by atoms with E-state index in [4.69, 9.17) is 4.74 Å². The first-order valence-corrected chi connectivity index (χ1v) is 7.44. The summed E-state index contributed by atoms with van der Waals surface area (Å²) in [6.45, 7) is 4.36. The summed E-state index contributed by atoms with van der Waals surface area (Å²) >= 11 is 0. The summed E-state index contributed by atoms with van der Waals surface area (Å²) in [5, 5.41) is 3.28. The standard InChI is InChI=1S/C17H19N3O2.2ClH/c1-13-12-18-9-10-20(13)17(21)16-11-15(7-8-19-16)22-14-5-3-2-4-6-14;;/h2-8,11,13,18H,9-10,12H2,1H3;2*1H/t13-;;/m1../s1. The van der Waals surface area contributed by atoms with Gasteiger partial charge < -0.3 is 15.0 Å². The molecule has 0 saturated carbocycles. The lowest BCUT2D eigenvalue weighted by atomic mass is 10.2. The molecule has 24 heavy (non-hydrogen) atoms. The van der Waals surface area contributed by atoms with Crippen LogP contribution in [0.25, 0.3) is 0 Å². The van der Waals surface area contributed by atoms with Crippen LogP contribution < -0.4 is 10.1 Å². The maximum atomic E-state index is 12.6. The summed E-state index contributed by atoms with van der Waals surface area (Å²) in [6.07, 6.45) is 1.61. The minimum Gasteiger partial charge on any atom is -0.457 e. The van der Waals surface area contributed by atoms with Crippen LogP contribution in [-0.2, 0) is 0 Å². The van der Waals surface area contributed by atoms with E-state index in [-0.39, 0.29) is 36.8 Å². The highest BCUT2D eigenvalue weighted by Crippen LogP contribution is 2.21. The molecule has 1 aliphatic heterocycles. The van der Waals surface area contributed by atoms with Crippen molar-refractivity contribution in [1.82, 2.24) is 15.2 Å². The van der Waals surface area contributed by atoms with Gasteiger partial charge in [-0.25, -0.2) is 0 Å². The maximum absolute atomic E-state index is 12.6. The largest absolute Gasteiger partial charge is 0.457 e. The number of halogens is 2. The Hall–Kier alpha value is -1.82. The molecule has 5 nitrogen and oxygen atoms in total. The van der Waals surface area contributed by atoms with E-state index in [1.807, 2.05) is 42.2 Å². The highest BCUT2D eigenvalue weighted by Gasteiger charge is 2.25. The van der Waals surface area contributed by atoms with Crippen LogP contribution in [0.3, 0.4) is 0 Å². The Morgan fingerprint density at radius 3 is 2.67 bits per heavy atom. The highest BCUT2D eigenvalue weighted by molar-refractivity contribution is 5.93. The van der Waals surface area contributed by atoms with Gasteiger partial charge in [0.05, 0.1) is 0 Å². The molecule has 0 spiro atoms. The molecule has 3 rings (SSSR count). The number of hydrogen-bond donors (Lipinski definition) is 1. The number of carbonyl (C=O) groups excluding carboxylic acids is 1. The number of nitrogens with zero attached hydrogens (tertiary/aromatic N) is 2. The predicted molar refractivity (Wildman–Crippen MR) is 98.6 cm³/mol. The molecule has 0 aliphatic carbocycles. The zero-order valence-corrected chi connectivity index (χ0v) is 15.0. The second kappa shape index (κ2) is 9.47. The van der Waals surface area contributed by atoms with Crippen LogP contribution in [0.5, 0.6) is 11.5 Å².